The third kappa shape index (κ3) is 2.64. The lowest BCUT2D eigenvalue weighted by Crippen LogP contribution is -2.35. The van der Waals surface area contributed by atoms with Crippen LogP contribution in [0.4, 0.5) is 4.79 Å². The SMILES string of the molecule is CCCOC(=O)CON1C(=O)N2CC(C)=CC1C2. The molecule has 0 saturated carbocycles. The Morgan fingerprint density at radius 2 is 2.33 bits per heavy atom. The fourth-order valence-corrected chi connectivity index (χ4v) is 2.12. The molecule has 0 spiro atoms. The summed E-state index contributed by atoms with van der Waals surface area (Å²) in [5, 5.41) is 1.27. The molecule has 0 aromatic heterocycles. The standard InChI is InChI=1S/C12H18N2O4/c1-3-4-17-11(15)8-18-14-10-5-9(2)6-13(7-10)12(14)16/h5,10H,3-4,6-8H2,1-2H3. The van der Waals surface area contributed by atoms with Crippen molar-refractivity contribution in [3.8, 4) is 0 Å². The van der Waals surface area contributed by atoms with Crippen LogP contribution >= 0.6 is 0 Å². The van der Waals surface area contributed by atoms with Crippen molar-refractivity contribution in [3.05, 3.63) is 11.6 Å². The molecule has 0 aromatic carbocycles. The number of urea groups is 1. The number of nitrogens with zero attached hydrogens (tertiary/aromatic N) is 2. The number of amides is 2. The third-order valence-electron chi connectivity index (χ3n) is 2.87. The Labute approximate surface area is 106 Å². The fourth-order valence-electron chi connectivity index (χ4n) is 2.12. The van der Waals surface area contributed by atoms with Crippen LogP contribution in [0.3, 0.4) is 0 Å². The van der Waals surface area contributed by atoms with Crippen molar-refractivity contribution < 1.29 is 19.2 Å². The first kappa shape index (κ1) is 12.9. The van der Waals surface area contributed by atoms with Crippen LogP contribution in [-0.4, -0.2) is 54.3 Å². The number of fused-ring (bicyclic) bond motifs is 2. The van der Waals surface area contributed by atoms with Gasteiger partial charge in [0, 0.05) is 13.1 Å². The summed E-state index contributed by atoms with van der Waals surface area (Å²) < 4.78 is 4.89. The summed E-state index contributed by atoms with van der Waals surface area (Å²) in [4.78, 5) is 30.2. The van der Waals surface area contributed by atoms with Crippen LogP contribution in [0.15, 0.2) is 11.6 Å². The maximum absolute atomic E-state index is 11.9. The van der Waals surface area contributed by atoms with Gasteiger partial charge in [-0.3, -0.25) is 4.84 Å². The summed E-state index contributed by atoms with van der Waals surface area (Å²) in [5.41, 5.74) is 1.14. The van der Waals surface area contributed by atoms with Crippen LogP contribution in [0, 0.1) is 0 Å². The maximum Gasteiger partial charge on any atom is 0.344 e. The minimum Gasteiger partial charge on any atom is -0.464 e. The molecule has 0 N–H and O–H groups in total. The van der Waals surface area contributed by atoms with E-state index in [-0.39, 0.29) is 18.7 Å². The molecule has 1 unspecified atom stereocenters. The maximum atomic E-state index is 11.9. The summed E-state index contributed by atoms with van der Waals surface area (Å²) in [5.74, 6) is -0.443. The number of carbonyl (C=O) groups is 2. The van der Waals surface area contributed by atoms with Gasteiger partial charge in [0.15, 0.2) is 6.61 Å². The van der Waals surface area contributed by atoms with E-state index in [4.69, 9.17) is 9.57 Å². The second-order valence-electron chi connectivity index (χ2n) is 4.56. The third-order valence-corrected chi connectivity index (χ3v) is 2.87. The number of rotatable bonds is 5. The molecule has 1 atom stereocenters. The summed E-state index contributed by atoms with van der Waals surface area (Å²) in [6.07, 6.45) is 2.77. The van der Waals surface area contributed by atoms with E-state index in [0.717, 1.165) is 12.0 Å². The van der Waals surface area contributed by atoms with Crippen molar-refractivity contribution >= 4 is 12.0 Å². The number of hydroxylamine groups is 2. The van der Waals surface area contributed by atoms with E-state index < -0.39 is 5.97 Å². The lowest BCUT2D eigenvalue weighted by Gasteiger charge is -2.19. The average molecular weight is 254 g/mol. The normalized spacial score (nSPS) is 22.2. The highest BCUT2D eigenvalue weighted by Crippen LogP contribution is 2.24. The lowest BCUT2D eigenvalue weighted by atomic mass is 10.1. The zero-order valence-corrected chi connectivity index (χ0v) is 10.7. The molecule has 2 bridgehead atoms. The van der Waals surface area contributed by atoms with Crippen LogP contribution in [-0.2, 0) is 14.4 Å². The first-order chi connectivity index (χ1) is 8.61. The lowest BCUT2D eigenvalue weighted by molar-refractivity contribution is -0.169. The molecule has 0 radical (unpaired) electrons. The van der Waals surface area contributed by atoms with Crippen LogP contribution in [0.2, 0.25) is 0 Å². The predicted molar refractivity (Wildman–Crippen MR) is 63.6 cm³/mol. The fraction of sp³-hybridized carbons (Fsp3) is 0.667. The number of hydrogen-bond acceptors (Lipinski definition) is 4. The molecule has 1 fully saturated rings. The minimum atomic E-state index is -0.443. The molecule has 2 amide bonds. The van der Waals surface area contributed by atoms with Gasteiger partial charge in [0.05, 0.1) is 12.6 Å². The summed E-state index contributed by atoms with van der Waals surface area (Å²) >= 11 is 0. The van der Waals surface area contributed by atoms with E-state index in [1.165, 1.54) is 5.06 Å². The van der Waals surface area contributed by atoms with Gasteiger partial charge in [0.2, 0.25) is 0 Å². The Hall–Kier alpha value is -1.56. The summed E-state index contributed by atoms with van der Waals surface area (Å²) in [7, 11) is 0. The number of esters is 1. The zero-order chi connectivity index (χ0) is 13.1. The van der Waals surface area contributed by atoms with Gasteiger partial charge in [-0.05, 0) is 13.3 Å². The number of carbonyl (C=O) groups excluding carboxylic acids is 2. The topological polar surface area (TPSA) is 59.1 Å². The molecule has 2 rings (SSSR count). The smallest absolute Gasteiger partial charge is 0.344 e. The summed E-state index contributed by atoms with van der Waals surface area (Å²) in [6, 6.07) is -0.276. The van der Waals surface area contributed by atoms with Gasteiger partial charge in [0.25, 0.3) is 0 Å². The highest BCUT2D eigenvalue weighted by Gasteiger charge is 2.40. The first-order valence-electron chi connectivity index (χ1n) is 6.15. The van der Waals surface area contributed by atoms with Crippen molar-refractivity contribution in [3.63, 3.8) is 0 Å². The van der Waals surface area contributed by atoms with Gasteiger partial charge in [-0.2, -0.15) is 5.06 Å². The van der Waals surface area contributed by atoms with E-state index in [1.54, 1.807) is 4.90 Å². The van der Waals surface area contributed by atoms with Crippen molar-refractivity contribution in [1.82, 2.24) is 9.96 Å². The highest BCUT2D eigenvalue weighted by atomic mass is 16.7. The van der Waals surface area contributed by atoms with Crippen LogP contribution in [0.25, 0.3) is 0 Å². The Morgan fingerprint density at radius 3 is 3.06 bits per heavy atom. The quantitative estimate of drug-likeness (QED) is 0.541. The van der Waals surface area contributed by atoms with E-state index >= 15 is 0 Å². The van der Waals surface area contributed by atoms with Crippen molar-refractivity contribution in [1.29, 1.82) is 0 Å². The number of ether oxygens (including phenoxy) is 1. The van der Waals surface area contributed by atoms with Crippen LogP contribution in [0.1, 0.15) is 20.3 Å². The van der Waals surface area contributed by atoms with E-state index in [0.29, 0.717) is 19.7 Å². The number of hydrogen-bond donors (Lipinski definition) is 0. The Morgan fingerprint density at radius 1 is 1.56 bits per heavy atom. The predicted octanol–water partition coefficient (Wildman–Crippen LogP) is 0.937. The van der Waals surface area contributed by atoms with E-state index in [1.807, 2.05) is 19.9 Å². The van der Waals surface area contributed by atoms with E-state index in [2.05, 4.69) is 0 Å². The molecule has 2 aliphatic rings. The molecule has 0 aliphatic carbocycles. The monoisotopic (exact) mass is 254 g/mol. The van der Waals surface area contributed by atoms with Gasteiger partial charge in [0.1, 0.15) is 0 Å². The van der Waals surface area contributed by atoms with Crippen molar-refractivity contribution in [2.24, 2.45) is 0 Å². The average Bonchev–Trinajstić information content (AvgIpc) is 2.56. The minimum absolute atomic E-state index is 0.0924. The first-order valence-corrected chi connectivity index (χ1v) is 6.15. The van der Waals surface area contributed by atoms with Gasteiger partial charge >= 0.3 is 12.0 Å². The van der Waals surface area contributed by atoms with E-state index in [9.17, 15) is 9.59 Å². The molecule has 2 heterocycles. The summed E-state index contributed by atoms with van der Waals surface area (Å²) in [6.45, 7) is 5.32. The molecule has 2 aliphatic heterocycles. The highest BCUT2D eigenvalue weighted by molar-refractivity contribution is 5.78. The molecule has 1 saturated heterocycles. The Balaban J connectivity index is 1.86. The Bertz CT molecular complexity index is 380. The second kappa shape index (κ2) is 5.39. The Kier molecular flexibility index (Phi) is 3.86. The second-order valence-corrected chi connectivity index (χ2v) is 4.56. The van der Waals surface area contributed by atoms with Crippen molar-refractivity contribution in [2.45, 2.75) is 26.3 Å². The van der Waals surface area contributed by atoms with Crippen molar-refractivity contribution in [2.75, 3.05) is 26.3 Å². The van der Waals surface area contributed by atoms with Crippen LogP contribution in [0.5, 0.6) is 0 Å². The molecule has 18 heavy (non-hydrogen) atoms. The van der Waals surface area contributed by atoms with Gasteiger partial charge in [-0.1, -0.05) is 18.6 Å². The molecular formula is C12H18N2O4. The molecule has 100 valence electrons. The zero-order valence-electron chi connectivity index (χ0n) is 10.7. The molecule has 0 aromatic rings. The van der Waals surface area contributed by atoms with Crippen LogP contribution < -0.4 is 0 Å². The molecular weight excluding hydrogens is 236 g/mol. The molecule has 6 heteroatoms. The molecule has 6 nitrogen and oxygen atoms in total. The van der Waals surface area contributed by atoms with Gasteiger partial charge in [-0.25, -0.2) is 9.59 Å². The van der Waals surface area contributed by atoms with Gasteiger partial charge in [-0.15, -0.1) is 0 Å². The van der Waals surface area contributed by atoms with Gasteiger partial charge < -0.3 is 9.64 Å². The largest absolute Gasteiger partial charge is 0.464 e.